The Bertz CT molecular complexity index is 1370. The van der Waals surface area contributed by atoms with Crippen LogP contribution in [0.15, 0.2) is 60.8 Å². The summed E-state index contributed by atoms with van der Waals surface area (Å²) in [4.78, 5) is 25.5. The fourth-order valence-corrected chi connectivity index (χ4v) is 5.96. The fraction of sp³-hybridized carbons (Fsp3) is 0.345. The molecule has 1 fully saturated rings. The van der Waals surface area contributed by atoms with E-state index in [1.807, 2.05) is 37.3 Å². The monoisotopic (exact) mass is 518 g/mol. The second kappa shape index (κ2) is 11.5. The molecule has 2 aromatic heterocycles. The number of hydrogen-bond acceptors (Lipinski definition) is 6. The second-order valence-electron chi connectivity index (χ2n) is 9.53. The van der Waals surface area contributed by atoms with Crippen LogP contribution in [0.4, 0.5) is 4.39 Å². The topological polar surface area (TPSA) is 67.3 Å². The van der Waals surface area contributed by atoms with Gasteiger partial charge in [0.1, 0.15) is 12.5 Å². The molecule has 192 valence electrons. The SMILES string of the molecule is Cc1nc(COCN2C(C)CCCC2CNC(=O)c2cccc3cccnc23)c(-c2ccc(F)cc2)s1. The summed E-state index contributed by atoms with van der Waals surface area (Å²) in [7, 11) is 0. The predicted octanol–water partition coefficient (Wildman–Crippen LogP) is 5.95. The van der Waals surface area contributed by atoms with Crippen LogP contribution in [0.1, 0.15) is 47.2 Å². The molecule has 0 radical (unpaired) electrons. The molecule has 2 atom stereocenters. The van der Waals surface area contributed by atoms with Gasteiger partial charge in [-0.3, -0.25) is 14.7 Å². The first-order valence-corrected chi connectivity index (χ1v) is 13.5. The first kappa shape index (κ1) is 25.4. The molecule has 37 heavy (non-hydrogen) atoms. The molecule has 0 aliphatic carbocycles. The lowest BCUT2D eigenvalue weighted by Crippen LogP contribution is -2.51. The van der Waals surface area contributed by atoms with E-state index in [0.717, 1.165) is 51.3 Å². The summed E-state index contributed by atoms with van der Waals surface area (Å²) in [5, 5.41) is 5.04. The quantitative estimate of drug-likeness (QED) is 0.312. The molecule has 4 aromatic rings. The number of fused-ring (bicyclic) bond motifs is 1. The molecule has 2 unspecified atom stereocenters. The molecule has 0 spiro atoms. The zero-order chi connectivity index (χ0) is 25.8. The number of aryl methyl sites for hydroxylation is 1. The molecule has 0 bridgehead atoms. The third-order valence-electron chi connectivity index (χ3n) is 6.96. The van der Waals surface area contributed by atoms with Crippen molar-refractivity contribution in [2.75, 3.05) is 13.3 Å². The van der Waals surface area contributed by atoms with Crippen LogP contribution in [0, 0.1) is 12.7 Å². The number of aromatic nitrogens is 2. The van der Waals surface area contributed by atoms with Crippen molar-refractivity contribution in [3.05, 3.63) is 82.9 Å². The number of amides is 1. The summed E-state index contributed by atoms with van der Waals surface area (Å²) in [6.07, 6.45) is 4.93. The van der Waals surface area contributed by atoms with E-state index in [2.05, 4.69) is 27.1 Å². The summed E-state index contributed by atoms with van der Waals surface area (Å²) in [6.45, 7) is 5.56. The van der Waals surface area contributed by atoms with Crippen molar-refractivity contribution in [1.29, 1.82) is 0 Å². The summed E-state index contributed by atoms with van der Waals surface area (Å²) < 4.78 is 19.6. The highest BCUT2D eigenvalue weighted by atomic mass is 32.1. The van der Waals surface area contributed by atoms with Crippen LogP contribution in [0.5, 0.6) is 0 Å². The Balaban J connectivity index is 1.22. The number of para-hydroxylation sites is 1. The molecule has 1 aliphatic rings. The standard InChI is InChI=1S/C29H31FN4O2S/c1-19-6-3-9-24(16-32-29(35)25-10-4-7-21-8-5-15-31-27(21)25)34(19)18-36-17-26-28(37-20(2)33-26)22-11-13-23(30)14-12-22/h4-5,7-8,10-15,19,24H,3,6,9,16-18H2,1-2H3,(H,32,35). The smallest absolute Gasteiger partial charge is 0.253 e. The lowest BCUT2D eigenvalue weighted by Gasteiger charge is -2.40. The highest BCUT2D eigenvalue weighted by Gasteiger charge is 2.28. The Kier molecular flexibility index (Phi) is 7.88. The lowest BCUT2D eigenvalue weighted by molar-refractivity contribution is -0.0416. The molecule has 2 aromatic carbocycles. The highest BCUT2D eigenvalue weighted by molar-refractivity contribution is 7.15. The van der Waals surface area contributed by atoms with Crippen molar-refractivity contribution in [3.63, 3.8) is 0 Å². The highest BCUT2D eigenvalue weighted by Crippen LogP contribution is 2.31. The van der Waals surface area contributed by atoms with Gasteiger partial charge in [0, 0.05) is 30.2 Å². The van der Waals surface area contributed by atoms with Crippen LogP contribution in [-0.2, 0) is 11.3 Å². The number of nitrogens with zero attached hydrogens (tertiary/aromatic N) is 3. The first-order valence-electron chi connectivity index (χ1n) is 12.7. The third-order valence-corrected chi connectivity index (χ3v) is 8.02. The van der Waals surface area contributed by atoms with Gasteiger partial charge in [-0.2, -0.15) is 0 Å². The van der Waals surface area contributed by atoms with Gasteiger partial charge in [0.25, 0.3) is 5.91 Å². The van der Waals surface area contributed by atoms with Crippen LogP contribution in [-0.4, -0.2) is 46.1 Å². The predicted molar refractivity (Wildman–Crippen MR) is 145 cm³/mol. The summed E-state index contributed by atoms with van der Waals surface area (Å²) in [5.74, 6) is -0.359. The Labute approximate surface area is 220 Å². The third kappa shape index (κ3) is 5.87. The second-order valence-corrected chi connectivity index (χ2v) is 10.7. The maximum Gasteiger partial charge on any atom is 0.253 e. The van der Waals surface area contributed by atoms with E-state index < -0.39 is 0 Å². The van der Waals surface area contributed by atoms with Gasteiger partial charge >= 0.3 is 0 Å². The number of nitrogens with one attached hydrogen (secondary N) is 1. The molecule has 1 aliphatic heterocycles. The Hall–Kier alpha value is -3.20. The van der Waals surface area contributed by atoms with E-state index in [4.69, 9.17) is 4.74 Å². The van der Waals surface area contributed by atoms with Crippen LogP contribution >= 0.6 is 11.3 Å². The van der Waals surface area contributed by atoms with Crippen molar-refractivity contribution in [2.24, 2.45) is 0 Å². The van der Waals surface area contributed by atoms with Crippen LogP contribution in [0.3, 0.4) is 0 Å². The Morgan fingerprint density at radius 3 is 2.81 bits per heavy atom. The number of halogens is 1. The van der Waals surface area contributed by atoms with Gasteiger partial charge in [-0.15, -0.1) is 11.3 Å². The number of ether oxygens (including phenoxy) is 1. The minimum absolute atomic E-state index is 0.106. The number of pyridine rings is 1. The summed E-state index contributed by atoms with van der Waals surface area (Å²) >= 11 is 1.59. The van der Waals surface area contributed by atoms with E-state index in [-0.39, 0.29) is 17.8 Å². The van der Waals surface area contributed by atoms with E-state index >= 15 is 0 Å². The molecule has 1 saturated heterocycles. The number of benzene rings is 2. The average Bonchev–Trinajstić information content (AvgIpc) is 3.28. The minimum atomic E-state index is -0.253. The van der Waals surface area contributed by atoms with E-state index in [0.29, 0.717) is 31.5 Å². The van der Waals surface area contributed by atoms with Gasteiger partial charge in [-0.05, 0) is 56.5 Å². The van der Waals surface area contributed by atoms with Gasteiger partial charge < -0.3 is 10.1 Å². The molecule has 3 heterocycles. The number of rotatable bonds is 8. The molecule has 6 nitrogen and oxygen atoms in total. The van der Waals surface area contributed by atoms with Crippen LogP contribution in [0.25, 0.3) is 21.3 Å². The molecule has 5 rings (SSSR count). The number of carbonyl (C=O) groups is 1. The van der Waals surface area contributed by atoms with Gasteiger partial charge in [-0.1, -0.05) is 36.8 Å². The molecule has 0 saturated carbocycles. The van der Waals surface area contributed by atoms with Gasteiger partial charge in [0.15, 0.2) is 0 Å². The number of likely N-dealkylation sites (tertiary alicyclic amines) is 1. The molecule has 1 N–H and O–H groups in total. The van der Waals surface area contributed by atoms with Gasteiger partial charge in [-0.25, -0.2) is 9.37 Å². The summed E-state index contributed by atoms with van der Waals surface area (Å²) in [5.41, 5.74) is 3.12. The van der Waals surface area contributed by atoms with Crippen molar-refractivity contribution >= 4 is 28.1 Å². The van der Waals surface area contributed by atoms with E-state index in [1.54, 1.807) is 29.7 Å². The van der Waals surface area contributed by atoms with Gasteiger partial charge in [0.2, 0.25) is 0 Å². The largest absolute Gasteiger partial charge is 0.360 e. The molecular weight excluding hydrogens is 487 g/mol. The van der Waals surface area contributed by atoms with Crippen molar-refractivity contribution in [3.8, 4) is 10.4 Å². The van der Waals surface area contributed by atoms with E-state index in [1.165, 1.54) is 12.1 Å². The summed E-state index contributed by atoms with van der Waals surface area (Å²) in [6, 6.07) is 16.6. The number of carbonyl (C=O) groups excluding carboxylic acids is 1. The Morgan fingerprint density at radius 1 is 1.16 bits per heavy atom. The zero-order valence-electron chi connectivity index (χ0n) is 21.1. The fourth-order valence-electron chi connectivity index (χ4n) is 5.03. The maximum absolute atomic E-state index is 13.4. The van der Waals surface area contributed by atoms with Gasteiger partial charge in [0.05, 0.1) is 33.3 Å². The lowest BCUT2D eigenvalue weighted by atomic mass is 9.97. The zero-order valence-corrected chi connectivity index (χ0v) is 21.9. The van der Waals surface area contributed by atoms with Crippen molar-refractivity contribution in [2.45, 2.75) is 51.8 Å². The number of thiazole rings is 1. The molecule has 1 amide bonds. The Morgan fingerprint density at radius 2 is 1.97 bits per heavy atom. The van der Waals surface area contributed by atoms with Crippen LogP contribution < -0.4 is 5.32 Å². The van der Waals surface area contributed by atoms with Crippen LogP contribution in [0.2, 0.25) is 0 Å². The van der Waals surface area contributed by atoms with Crippen molar-refractivity contribution in [1.82, 2.24) is 20.2 Å². The minimum Gasteiger partial charge on any atom is -0.360 e. The molecule has 8 heteroatoms. The van der Waals surface area contributed by atoms with Crippen molar-refractivity contribution < 1.29 is 13.9 Å². The van der Waals surface area contributed by atoms with E-state index in [9.17, 15) is 9.18 Å². The first-order chi connectivity index (χ1) is 18.0. The average molecular weight is 519 g/mol. The number of hydrogen-bond donors (Lipinski definition) is 1. The molecular formula is C29H31FN4O2S. The maximum atomic E-state index is 13.4. The number of piperidine rings is 1. The normalized spacial score (nSPS) is 18.2.